The molecule has 0 bridgehead atoms. The van der Waals surface area contributed by atoms with Crippen molar-refractivity contribution in [2.24, 2.45) is 0 Å². The summed E-state index contributed by atoms with van der Waals surface area (Å²) in [6, 6.07) is 2.53. The number of anilines is 1. The van der Waals surface area contributed by atoms with E-state index in [-0.39, 0.29) is 4.47 Å². The summed E-state index contributed by atoms with van der Waals surface area (Å²) in [4.78, 5) is 21.7. The van der Waals surface area contributed by atoms with Crippen LogP contribution >= 0.6 is 15.9 Å². The molecule has 0 aliphatic heterocycles. The maximum atomic E-state index is 12.1. The molecule has 18 heavy (non-hydrogen) atoms. The highest BCUT2D eigenvalue weighted by Gasteiger charge is 2.39. The number of carbonyl (C=O) groups excluding carboxylic acids is 1. The van der Waals surface area contributed by atoms with E-state index in [1.165, 1.54) is 6.07 Å². The Morgan fingerprint density at radius 3 is 2.33 bits per heavy atom. The average Bonchev–Trinajstić information content (AvgIpc) is 2.23. The second-order valence-electron chi connectivity index (χ2n) is 3.38. The van der Waals surface area contributed by atoms with Gasteiger partial charge in [0.25, 0.3) is 0 Å². The predicted molar refractivity (Wildman–Crippen MR) is 60.5 cm³/mol. The van der Waals surface area contributed by atoms with Crippen LogP contribution in [0, 0.1) is 6.92 Å². The van der Waals surface area contributed by atoms with Crippen molar-refractivity contribution in [3.63, 3.8) is 0 Å². The van der Waals surface area contributed by atoms with Gasteiger partial charge in [0.1, 0.15) is 0 Å². The molecule has 0 saturated carbocycles. The number of carbonyl (C=O) groups is 2. The van der Waals surface area contributed by atoms with Gasteiger partial charge in [-0.1, -0.05) is 6.07 Å². The molecule has 0 spiro atoms. The first-order chi connectivity index (χ1) is 8.14. The minimum Gasteiger partial charge on any atom is -0.478 e. The molecule has 0 heterocycles. The molecule has 1 aromatic carbocycles. The minimum absolute atomic E-state index is 0.0972. The summed E-state index contributed by atoms with van der Waals surface area (Å²) in [6.45, 7) is 1.55. The number of aryl methyl sites for hydroxylation is 1. The van der Waals surface area contributed by atoms with Gasteiger partial charge in [-0.05, 0) is 34.5 Å². The van der Waals surface area contributed by atoms with Gasteiger partial charge >= 0.3 is 18.1 Å². The van der Waals surface area contributed by atoms with Crippen molar-refractivity contribution in [3.8, 4) is 0 Å². The molecule has 0 atom stereocenters. The van der Waals surface area contributed by atoms with Crippen molar-refractivity contribution in [2.45, 2.75) is 13.1 Å². The fraction of sp³-hybridized carbons (Fsp3) is 0.200. The first kappa shape index (κ1) is 14.5. The van der Waals surface area contributed by atoms with Crippen molar-refractivity contribution < 1.29 is 27.9 Å². The zero-order valence-corrected chi connectivity index (χ0v) is 10.5. The van der Waals surface area contributed by atoms with Crippen molar-refractivity contribution in [2.75, 3.05) is 5.32 Å². The van der Waals surface area contributed by atoms with Crippen LogP contribution in [-0.4, -0.2) is 23.2 Å². The first-order valence-electron chi connectivity index (χ1n) is 4.55. The lowest BCUT2D eigenvalue weighted by Crippen LogP contribution is -2.30. The molecule has 2 N–H and O–H groups in total. The summed E-state index contributed by atoms with van der Waals surface area (Å²) in [7, 11) is 0. The van der Waals surface area contributed by atoms with E-state index >= 15 is 0 Å². The number of aromatic carboxylic acids is 1. The molecule has 1 aromatic rings. The number of benzene rings is 1. The van der Waals surface area contributed by atoms with E-state index in [1.807, 2.05) is 0 Å². The SMILES string of the molecule is Cc1ccc(C(=O)O)c(NC(=O)C(F)(F)F)c1Br. The maximum absolute atomic E-state index is 12.1. The summed E-state index contributed by atoms with van der Waals surface area (Å²) in [5, 5.41) is 10.4. The normalized spacial score (nSPS) is 11.2. The van der Waals surface area contributed by atoms with Gasteiger partial charge in [0, 0.05) is 4.47 Å². The van der Waals surface area contributed by atoms with E-state index in [4.69, 9.17) is 5.11 Å². The summed E-state index contributed by atoms with van der Waals surface area (Å²) < 4.78 is 36.5. The maximum Gasteiger partial charge on any atom is 0.471 e. The Hall–Kier alpha value is -1.57. The smallest absolute Gasteiger partial charge is 0.471 e. The Morgan fingerprint density at radius 1 is 1.33 bits per heavy atom. The van der Waals surface area contributed by atoms with Crippen LogP contribution in [0.15, 0.2) is 16.6 Å². The first-order valence-corrected chi connectivity index (χ1v) is 5.34. The zero-order chi connectivity index (χ0) is 14.1. The van der Waals surface area contributed by atoms with Crippen molar-refractivity contribution in [3.05, 3.63) is 27.7 Å². The lowest BCUT2D eigenvalue weighted by molar-refractivity contribution is -0.167. The molecule has 8 heteroatoms. The number of amides is 1. The molecule has 0 radical (unpaired) electrons. The van der Waals surface area contributed by atoms with Gasteiger partial charge in [-0.2, -0.15) is 13.2 Å². The molecule has 4 nitrogen and oxygen atoms in total. The molecular formula is C10H7BrF3NO3. The number of nitrogens with one attached hydrogen (secondary N) is 1. The van der Waals surface area contributed by atoms with Crippen LogP contribution in [0.3, 0.4) is 0 Å². The number of hydrogen-bond donors (Lipinski definition) is 2. The van der Waals surface area contributed by atoms with E-state index in [2.05, 4.69) is 15.9 Å². The molecule has 1 rings (SSSR count). The lowest BCUT2D eigenvalue weighted by atomic mass is 10.1. The topological polar surface area (TPSA) is 66.4 Å². The number of carboxylic acids is 1. The van der Waals surface area contributed by atoms with Crippen LogP contribution in [0.5, 0.6) is 0 Å². The monoisotopic (exact) mass is 325 g/mol. The third-order valence-electron chi connectivity index (χ3n) is 2.06. The standard InChI is InChI=1S/C10H7BrF3NO3/c1-4-2-3-5(8(16)17)7(6(4)11)15-9(18)10(12,13)14/h2-3H,1H3,(H,15,18)(H,16,17). The molecule has 0 aromatic heterocycles. The van der Waals surface area contributed by atoms with Crippen LogP contribution in [0.4, 0.5) is 18.9 Å². The van der Waals surface area contributed by atoms with E-state index in [0.717, 1.165) is 6.07 Å². The Kier molecular flexibility index (Phi) is 4.00. The predicted octanol–water partition coefficient (Wildman–Crippen LogP) is 2.96. The minimum atomic E-state index is -5.08. The molecule has 0 fully saturated rings. The largest absolute Gasteiger partial charge is 0.478 e. The number of rotatable bonds is 2. The highest BCUT2D eigenvalue weighted by Crippen LogP contribution is 2.31. The third-order valence-corrected chi connectivity index (χ3v) is 3.08. The number of alkyl halides is 3. The fourth-order valence-electron chi connectivity index (χ4n) is 1.17. The van der Waals surface area contributed by atoms with Crippen molar-refractivity contribution >= 4 is 33.5 Å². The lowest BCUT2D eigenvalue weighted by Gasteiger charge is -2.13. The second-order valence-corrected chi connectivity index (χ2v) is 4.17. The molecule has 98 valence electrons. The van der Waals surface area contributed by atoms with E-state index < -0.39 is 29.3 Å². The van der Waals surface area contributed by atoms with E-state index in [1.54, 1.807) is 12.2 Å². The molecule has 0 saturated heterocycles. The average molecular weight is 326 g/mol. The summed E-state index contributed by atoms with van der Waals surface area (Å²) in [5.74, 6) is -3.66. The Balaban J connectivity index is 3.26. The molecule has 1 amide bonds. The Morgan fingerprint density at radius 2 is 1.89 bits per heavy atom. The highest BCUT2D eigenvalue weighted by molar-refractivity contribution is 9.10. The number of carboxylic acid groups (broad SMARTS) is 1. The van der Waals surface area contributed by atoms with Gasteiger partial charge in [-0.25, -0.2) is 4.79 Å². The van der Waals surface area contributed by atoms with Crippen molar-refractivity contribution in [1.29, 1.82) is 0 Å². The summed E-state index contributed by atoms with van der Waals surface area (Å²) in [6.07, 6.45) is -5.08. The summed E-state index contributed by atoms with van der Waals surface area (Å²) in [5.41, 5.74) is -0.340. The van der Waals surface area contributed by atoms with Crippen LogP contribution in [-0.2, 0) is 4.79 Å². The highest BCUT2D eigenvalue weighted by atomic mass is 79.9. The molecule has 0 aliphatic carbocycles. The zero-order valence-electron chi connectivity index (χ0n) is 8.93. The second kappa shape index (κ2) is 4.97. The van der Waals surface area contributed by atoms with Gasteiger partial charge in [0.15, 0.2) is 0 Å². The fourth-order valence-corrected chi connectivity index (χ4v) is 1.61. The van der Waals surface area contributed by atoms with Crippen LogP contribution in [0.25, 0.3) is 0 Å². The Bertz CT molecular complexity index is 514. The van der Waals surface area contributed by atoms with Crippen LogP contribution < -0.4 is 5.32 Å². The van der Waals surface area contributed by atoms with Gasteiger partial charge in [0.05, 0.1) is 11.3 Å². The molecular weight excluding hydrogens is 319 g/mol. The molecule has 0 aliphatic rings. The summed E-state index contributed by atoms with van der Waals surface area (Å²) >= 11 is 2.95. The Labute approximate surface area is 108 Å². The van der Waals surface area contributed by atoms with Gasteiger partial charge in [-0.3, -0.25) is 4.79 Å². The number of halogens is 4. The van der Waals surface area contributed by atoms with E-state index in [0.29, 0.717) is 5.56 Å². The van der Waals surface area contributed by atoms with Crippen molar-refractivity contribution in [1.82, 2.24) is 0 Å². The quantitative estimate of drug-likeness (QED) is 0.878. The van der Waals surface area contributed by atoms with Gasteiger partial charge in [0.2, 0.25) is 0 Å². The van der Waals surface area contributed by atoms with E-state index in [9.17, 15) is 22.8 Å². The number of hydrogen-bond acceptors (Lipinski definition) is 2. The van der Waals surface area contributed by atoms with Gasteiger partial charge < -0.3 is 10.4 Å². The van der Waals surface area contributed by atoms with Gasteiger partial charge in [-0.15, -0.1) is 0 Å². The third kappa shape index (κ3) is 3.00. The van der Waals surface area contributed by atoms with Crippen LogP contribution in [0.2, 0.25) is 0 Å². The molecule has 0 unspecified atom stereocenters. The van der Waals surface area contributed by atoms with Crippen LogP contribution in [0.1, 0.15) is 15.9 Å².